The smallest absolute Gasteiger partial charge is 0.223 e. The van der Waals surface area contributed by atoms with Crippen LogP contribution in [-0.4, -0.2) is 41.8 Å². The van der Waals surface area contributed by atoms with Gasteiger partial charge < -0.3 is 14.4 Å². The highest BCUT2D eigenvalue weighted by Gasteiger charge is 2.24. The Labute approximate surface area is 143 Å². The number of ether oxygens (including phenoxy) is 2. The van der Waals surface area contributed by atoms with Crippen molar-refractivity contribution < 1.29 is 14.3 Å². The van der Waals surface area contributed by atoms with Crippen molar-refractivity contribution in [1.29, 1.82) is 0 Å². The summed E-state index contributed by atoms with van der Waals surface area (Å²) in [6, 6.07) is 0. The van der Waals surface area contributed by atoms with Crippen molar-refractivity contribution in [3.8, 4) is 0 Å². The topological polar surface area (TPSA) is 38.8 Å². The van der Waals surface area contributed by atoms with Crippen molar-refractivity contribution in [2.24, 2.45) is 0 Å². The van der Waals surface area contributed by atoms with E-state index in [2.05, 4.69) is 41.2 Å². The van der Waals surface area contributed by atoms with Crippen LogP contribution in [0.3, 0.4) is 0 Å². The lowest BCUT2D eigenvalue weighted by Gasteiger charge is -2.32. The van der Waals surface area contributed by atoms with Gasteiger partial charge in [-0.15, -0.1) is 0 Å². The Morgan fingerprint density at radius 2 is 1.61 bits per heavy atom. The number of amides is 1. The fourth-order valence-electron chi connectivity index (χ4n) is 2.45. The highest BCUT2D eigenvalue weighted by Crippen LogP contribution is 2.21. The Kier molecular flexibility index (Phi) is 9.71. The first-order valence-electron chi connectivity index (χ1n) is 8.78. The summed E-state index contributed by atoms with van der Waals surface area (Å²) in [7, 11) is 0. The van der Waals surface area contributed by atoms with E-state index in [0.29, 0.717) is 19.8 Å². The highest BCUT2D eigenvalue weighted by atomic mass is 16.5. The first-order valence-corrected chi connectivity index (χ1v) is 8.78. The summed E-state index contributed by atoms with van der Waals surface area (Å²) >= 11 is 0. The molecule has 4 nitrogen and oxygen atoms in total. The largest absolute Gasteiger partial charge is 0.376 e. The Bertz CT molecular complexity index is 375. The fraction of sp³-hybridized carbons (Fsp3) is 0.842. The molecule has 0 aromatic rings. The highest BCUT2D eigenvalue weighted by molar-refractivity contribution is 5.75. The van der Waals surface area contributed by atoms with E-state index in [4.69, 9.17) is 9.47 Å². The van der Waals surface area contributed by atoms with Crippen LogP contribution in [0.2, 0.25) is 0 Å². The molecule has 0 heterocycles. The van der Waals surface area contributed by atoms with Gasteiger partial charge in [0.15, 0.2) is 0 Å². The molecule has 0 aromatic heterocycles. The van der Waals surface area contributed by atoms with Crippen molar-refractivity contribution in [3.63, 3.8) is 0 Å². The molecule has 0 aliphatic rings. The van der Waals surface area contributed by atoms with Crippen LogP contribution in [-0.2, 0) is 14.3 Å². The Balaban J connectivity index is 4.39. The summed E-state index contributed by atoms with van der Waals surface area (Å²) in [6.45, 7) is 20.0. The van der Waals surface area contributed by atoms with Gasteiger partial charge >= 0.3 is 0 Å². The number of carbonyl (C=O) groups is 1. The van der Waals surface area contributed by atoms with E-state index >= 15 is 0 Å². The number of hydrogen-bond acceptors (Lipinski definition) is 3. The van der Waals surface area contributed by atoms with E-state index in [1.165, 1.54) is 0 Å². The monoisotopic (exact) mass is 327 g/mol. The van der Waals surface area contributed by atoms with Crippen molar-refractivity contribution >= 4 is 5.91 Å². The van der Waals surface area contributed by atoms with Gasteiger partial charge in [0.1, 0.15) is 0 Å². The molecule has 0 saturated heterocycles. The summed E-state index contributed by atoms with van der Waals surface area (Å²) < 4.78 is 11.7. The van der Waals surface area contributed by atoms with Crippen LogP contribution in [0, 0.1) is 0 Å². The third kappa shape index (κ3) is 9.77. The van der Waals surface area contributed by atoms with E-state index < -0.39 is 0 Å². The quantitative estimate of drug-likeness (QED) is 0.528. The maximum Gasteiger partial charge on any atom is 0.223 e. The minimum absolute atomic E-state index is 0.0525. The van der Waals surface area contributed by atoms with Gasteiger partial charge in [-0.2, -0.15) is 0 Å². The van der Waals surface area contributed by atoms with Crippen LogP contribution < -0.4 is 0 Å². The molecule has 0 atom stereocenters. The van der Waals surface area contributed by atoms with Crippen LogP contribution in [0.4, 0.5) is 0 Å². The second-order valence-electron chi connectivity index (χ2n) is 7.29. The van der Waals surface area contributed by atoms with Crippen molar-refractivity contribution in [3.05, 3.63) is 12.3 Å². The van der Waals surface area contributed by atoms with Gasteiger partial charge in [0.05, 0.1) is 17.8 Å². The summed E-state index contributed by atoms with van der Waals surface area (Å²) in [5.41, 5.74) is 0.460. The lowest BCUT2D eigenvalue weighted by atomic mass is 10.0. The third-order valence-corrected chi connectivity index (χ3v) is 3.97. The lowest BCUT2D eigenvalue weighted by Crippen LogP contribution is -2.36. The second kappa shape index (κ2) is 10.1. The molecule has 0 rings (SSSR count). The molecule has 0 fully saturated rings. The summed E-state index contributed by atoms with van der Waals surface area (Å²) in [5, 5.41) is 0. The van der Waals surface area contributed by atoms with E-state index in [1.807, 2.05) is 6.92 Å². The van der Waals surface area contributed by atoms with Crippen LogP contribution in [0.15, 0.2) is 12.3 Å². The maximum absolute atomic E-state index is 11.8. The molecular formula is C19H37NO3. The first-order chi connectivity index (χ1) is 10.5. The molecule has 4 heteroatoms. The molecule has 0 unspecified atom stereocenters. The van der Waals surface area contributed by atoms with Crippen LogP contribution in [0.5, 0.6) is 0 Å². The first kappa shape index (κ1) is 22.1. The molecule has 1 amide bonds. The molecule has 136 valence electrons. The molecule has 0 N–H and O–H groups in total. The molecular weight excluding hydrogens is 290 g/mol. The normalized spacial score (nSPS) is 12.3. The predicted molar refractivity (Wildman–Crippen MR) is 96.4 cm³/mol. The number of carbonyl (C=O) groups excluding carboxylic acids is 1. The summed E-state index contributed by atoms with van der Waals surface area (Å²) in [6.07, 6.45) is 3.48. The Morgan fingerprint density at radius 1 is 1.04 bits per heavy atom. The average molecular weight is 328 g/mol. The zero-order valence-electron chi connectivity index (χ0n) is 16.3. The summed E-state index contributed by atoms with van der Waals surface area (Å²) in [4.78, 5) is 13.6. The minimum Gasteiger partial charge on any atom is -0.376 e. The molecule has 0 aromatic carbocycles. The minimum atomic E-state index is -0.275. The molecule has 0 aliphatic carbocycles. The fourth-order valence-corrected chi connectivity index (χ4v) is 2.45. The van der Waals surface area contributed by atoms with Gasteiger partial charge in [0, 0.05) is 25.8 Å². The van der Waals surface area contributed by atoms with Crippen molar-refractivity contribution in [1.82, 2.24) is 4.90 Å². The average Bonchev–Trinajstić information content (AvgIpc) is 2.37. The van der Waals surface area contributed by atoms with Crippen LogP contribution >= 0.6 is 0 Å². The van der Waals surface area contributed by atoms with E-state index in [-0.39, 0.29) is 17.1 Å². The molecule has 0 aliphatic heterocycles. The number of hydrogen-bond donors (Lipinski definition) is 0. The lowest BCUT2D eigenvalue weighted by molar-refractivity contribution is -0.128. The van der Waals surface area contributed by atoms with Gasteiger partial charge in [-0.1, -0.05) is 19.9 Å². The van der Waals surface area contributed by atoms with Gasteiger partial charge in [-0.05, 0) is 53.9 Å². The Hall–Kier alpha value is -0.870. The Morgan fingerprint density at radius 3 is 2.09 bits per heavy atom. The molecule has 0 radical (unpaired) electrons. The third-order valence-electron chi connectivity index (χ3n) is 3.97. The van der Waals surface area contributed by atoms with E-state index in [1.54, 1.807) is 11.8 Å². The summed E-state index contributed by atoms with van der Waals surface area (Å²) in [5.74, 6) is 0.0525. The van der Waals surface area contributed by atoms with Gasteiger partial charge in [-0.25, -0.2) is 0 Å². The van der Waals surface area contributed by atoms with E-state index in [9.17, 15) is 4.79 Å². The predicted octanol–water partition coefficient (Wildman–Crippen LogP) is 4.54. The number of allylic oxidation sites excluding steroid dienone is 1. The molecule has 23 heavy (non-hydrogen) atoms. The molecule has 0 bridgehead atoms. The van der Waals surface area contributed by atoms with Gasteiger partial charge in [0.25, 0.3) is 0 Å². The number of rotatable bonds is 12. The maximum atomic E-state index is 11.8. The van der Waals surface area contributed by atoms with Crippen LogP contribution in [0.25, 0.3) is 0 Å². The zero-order valence-corrected chi connectivity index (χ0v) is 16.3. The van der Waals surface area contributed by atoms with E-state index in [0.717, 1.165) is 31.4 Å². The standard InChI is InChI=1S/C19H37NO3/c1-9-11-16(3)20(17(4)21)14-12-18(5,6)23-15-13-19(7,8)22-10-2/h3,9-15H2,1-2,4-8H3. The van der Waals surface area contributed by atoms with Crippen molar-refractivity contribution in [2.45, 2.75) is 85.4 Å². The van der Waals surface area contributed by atoms with Crippen LogP contribution in [0.1, 0.15) is 74.1 Å². The second-order valence-corrected chi connectivity index (χ2v) is 7.29. The van der Waals surface area contributed by atoms with Gasteiger partial charge in [0.2, 0.25) is 5.91 Å². The molecule has 0 saturated carbocycles. The SMILES string of the molecule is C=C(CCC)N(CCC(C)(C)OCCC(C)(C)OCC)C(C)=O. The zero-order chi connectivity index (χ0) is 18.1. The van der Waals surface area contributed by atoms with Gasteiger partial charge in [-0.3, -0.25) is 4.79 Å². The van der Waals surface area contributed by atoms with Crippen molar-refractivity contribution in [2.75, 3.05) is 19.8 Å². The number of nitrogens with zero attached hydrogens (tertiary/aromatic N) is 1. The molecule has 0 spiro atoms.